The molecule has 0 radical (unpaired) electrons. The molecule has 4 heteroatoms. The van der Waals surface area contributed by atoms with Crippen molar-refractivity contribution in [3.8, 4) is 5.75 Å². The highest BCUT2D eigenvalue weighted by Gasteiger charge is 2.34. The molecule has 2 rings (SSSR count). The number of nitrogens with two attached hydrogens (primary N) is 1. The number of methoxy groups -OCH3 is 1. The molecule has 0 spiro atoms. The summed E-state index contributed by atoms with van der Waals surface area (Å²) >= 11 is 0. The molecular weight excluding hydrogens is 240 g/mol. The van der Waals surface area contributed by atoms with Crippen LogP contribution in [0.2, 0.25) is 0 Å². The molecule has 0 saturated heterocycles. The standard InChI is InChI=1S/C15H24N2O2/c1-11-4-3-7-15(9-11,10-18)17-14-8-12(19-2)5-6-13(14)16/h5-6,8,11,17-18H,3-4,7,9-10,16H2,1-2H3. The first-order valence-electron chi connectivity index (χ1n) is 6.91. The Labute approximate surface area is 115 Å². The van der Waals surface area contributed by atoms with Gasteiger partial charge in [-0.05, 0) is 30.9 Å². The molecule has 0 bridgehead atoms. The molecule has 0 amide bonds. The van der Waals surface area contributed by atoms with E-state index in [4.69, 9.17) is 10.5 Å². The van der Waals surface area contributed by atoms with Gasteiger partial charge in [0.1, 0.15) is 5.75 Å². The summed E-state index contributed by atoms with van der Waals surface area (Å²) in [5.41, 5.74) is 7.29. The Kier molecular flexibility index (Phi) is 4.20. The summed E-state index contributed by atoms with van der Waals surface area (Å²) in [7, 11) is 1.64. The Bertz CT molecular complexity index is 436. The van der Waals surface area contributed by atoms with Gasteiger partial charge in [0.15, 0.2) is 0 Å². The van der Waals surface area contributed by atoms with Gasteiger partial charge in [-0.1, -0.05) is 19.8 Å². The maximum Gasteiger partial charge on any atom is 0.121 e. The minimum atomic E-state index is -0.252. The fourth-order valence-corrected chi connectivity index (χ4v) is 3.01. The molecule has 4 N–H and O–H groups in total. The summed E-state index contributed by atoms with van der Waals surface area (Å²) in [6.45, 7) is 2.37. The first-order valence-corrected chi connectivity index (χ1v) is 6.91. The summed E-state index contributed by atoms with van der Waals surface area (Å²) in [5.74, 6) is 1.40. The summed E-state index contributed by atoms with van der Waals surface area (Å²) in [4.78, 5) is 0. The quantitative estimate of drug-likeness (QED) is 0.731. The van der Waals surface area contributed by atoms with Crippen LogP contribution in [0.4, 0.5) is 11.4 Å². The molecule has 0 aliphatic heterocycles. The zero-order valence-electron chi connectivity index (χ0n) is 11.8. The van der Waals surface area contributed by atoms with Crippen molar-refractivity contribution in [3.63, 3.8) is 0 Å². The van der Waals surface area contributed by atoms with Crippen molar-refractivity contribution < 1.29 is 9.84 Å². The van der Waals surface area contributed by atoms with Crippen LogP contribution in [0.1, 0.15) is 32.6 Å². The van der Waals surface area contributed by atoms with E-state index in [0.717, 1.165) is 30.7 Å². The number of aliphatic hydroxyl groups excluding tert-OH is 1. The summed E-state index contributed by atoms with van der Waals surface area (Å²) in [5, 5.41) is 13.3. The monoisotopic (exact) mass is 264 g/mol. The van der Waals surface area contributed by atoms with Crippen LogP contribution in [0.3, 0.4) is 0 Å². The minimum absolute atomic E-state index is 0.133. The molecule has 1 aliphatic carbocycles. The molecule has 1 aromatic carbocycles. The predicted octanol–water partition coefficient (Wildman–Crippen LogP) is 2.63. The van der Waals surface area contributed by atoms with E-state index in [0.29, 0.717) is 11.6 Å². The third-order valence-corrected chi connectivity index (χ3v) is 4.05. The predicted molar refractivity (Wildman–Crippen MR) is 78.5 cm³/mol. The Morgan fingerprint density at radius 3 is 2.95 bits per heavy atom. The van der Waals surface area contributed by atoms with Gasteiger partial charge >= 0.3 is 0 Å². The molecule has 1 aliphatic rings. The summed E-state index contributed by atoms with van der Waals surface area (Å²) in [6.07, 6.45) is 4.32. The molecule has 0 heterocycles. The first kappa shape index (κ1) is 14.0. The Hall–Kier alpha value is -1.42. The minimum Gasteiger partial charge on any atom is -0.497 e. The SMILES string of the molecule is COc1ccc(N)c(NC2(CO)CCCC(C)C2)c1. The van der Waals surface area contributed by atoms with E-state index in [9.17, 15) is 5.11 Å². The second-order valence-corrected chi connectivity index (χ2v) is 5.72. The van der Waals surface area contributed by atoms with Crippen LogP contribution in [-0.4, -0.2) is 24.4 Å². The first-order chi connectivity index (χ1) is 9.08. The average Bonchev–Trinajstić information content (AvgIpc) is 2.41. The van der Waals surface area contributed by atoms with Crippen molar-refractivity contribution in [1.29, 1.82) is 0 Å². The van der Waals surface area contributed by atoms with Crippen LogP contribution in [0, 0.1) is 5.92 Å². The normalized spacial score (nSPS) is 27.0. The van der Waals surface area contributed by atoms with Crippen LogP contribution in [0.5, 0.6) is 5.75 Å². The number of nitrogen functional groups attached to an aromatic ring is 1. The van der Waals surface area contributed by atoms with Crippen molar-refractivity contribution in [2.24, 2.45) is 5.92 Å². The Balaban J connectivity index is 2.22. The maximum absolute atomic E-state index is 9.80. The van der Waals surface area contributed by atoms with E-state index < -0.39 is 0 Å². The number of nitrogens with one attached hydrogen (secondary N) is 1. The fourth-order valence-electron chi connectivity index (χ4n) is 3.01. The molecule has 1 fully saturated rings. The lowest BCUT2D eigenvalue weighted by Crippen LogP contribution is -2.46. The largest absolute Gasteiger partial charge is 0.497 e. The van der Waals surface area contributed by atoms with Gasteiger partial charge in [-0.25, -0.2) is 0 Å². The van der Waals surface area contributed by atoms with Crippen LogP contribution in [0.15, 0.2) is 18.2 Å². The van der Waals surface area contributed by atoms with Crippen molar-refractivity contribution >= 4 is 11.4 Å². The van der Waals surface area contributed by atoms with Crippen LogP contribution < -0.4 is 15.8 Å². The molecule has 1 saturated carbocycles. The number of rotatable bonds is 4. The average molecular weight is 264 g/mol. The van der Waals surface area contributed by atoms with E-state index in [1.165, 1.54) is 6.42 Å². The van der Waals surface area contributed by atoms with Crippen LogP contribution in [-0.2, 0) is 0 Å². The lowest BCUT2D eigenvalue weighted by atomic mass is 9.76. The van der Waals surface area contributed by atoms with E-state index in [1.807, 2.05) is 18.2 Å². The number of aliphatic hydroxyl groups is 1. The van der Waals surface area contributed by atoms with Gasteiger partial charge in [0.25, 0.3) is 0 Å². The Morgan fingerprint density at radius 1 is 1.53 bits per heavy atom. The van der Waals surface area contributed by atoms with Gasteiger partial charge in [-0.15, -0.1) is 0 Å². The van der Waals surface area contributed by atoms with Gasteiger partial charge < -0.3 is 20.9 Å². The fraction of sp³-hybridized carbons (Fsp3) is 0.600. The van der Waals surface area contributed by atoms with Crippen molar-refractivity contribution in [1.82, 2.24) is 0 Å². The number of benzene rings is 1. The molecule has 2 atom stereocenters. The molecule has 106 valence electrons. The number of hydrogen-bond acceptors (Lipinski definition) is 4. The molecule has 19 heavy (non-hydrogen) atoms. The third kappa shape index (κ3) is 3.13. The highest BCUT2D eigenvalue weighted by Crippen LogP contribution is 2.37. The zero-order valence-corrected chi connectivity index (χ0v) is 11.8. The van der Waals surface area contributed by atoms with E-state index in [-0.39, 0.29) is 12.1 Å². The van der Waals surface area contributed by atoms with Crippen LogP contribution >= 0.6 is 0 Å². The number of hydrogen-bond donors (Lipinski definition) is 3. The van der Waals surface area contributed by atoms with E-state index in [1.54, 1.807) is 7.11 Å². The lowest BCUT2D eigenvalue weighted by molar-refractivity contribution is 0.149. The molecular formula is C15H24N2O2. The van der Waals surface area contributed by atoms with Gasteiger partial charge in [-0.2, -0.15) is 0 Å². The summed E-state index contributed by atoms with van der Waals surface area (Å²) < 4.78 is 5.23. The topological polar surface area (TPSA) is 67.5 Å². The maximum atomic E-state index is 9.80. The smallest absolute Gasteiger partial charge is 0.121 e. The lowest BCUT2D eigenvalue weighted by Gasteiger charge is -2.40. The highest BCUT2D eigenvalue weighted by molar-refractivity contribution is 5.69. The van der Waals surface area contributed by atoms with Gasteiger partial charge in [0.05, 0.1) is 30.6 Å². The highest BCUT2D eigenvalue weighted by atomic mass is 16.5. The third-order valence-electron chi connectivity index (χ3n) is 4.05. The van der Waals surface area contributed by atoms with Gasteiger partial charge in [0.2, 0.25) is 0 Å². The molecule has 0 aromatic heterocycles. The molecule has 4 nitrogen and oxygen atoms in total. The van der Waals surface area contributed by atoms with E-state index >= 15 is 0 Å². The molecule has 2 unspecified atom stereocenters. The summed E-state index contributed by atoms with van der Waals surface area (Å²) in [6, 6.07) is 5.57. The van der Waals surface area contributed by atoms with Crippen molar-refractivity contribution in [3.05, 3.63) is 18.2 Å². The molecule has 1 aromatic rings. The zero-order chi connectivity index (χ0) is 13.9. The van der Waals surface area contributed by atoms with Crippen molar-refractivity contribution in [2.75, 3.05) is 24.8 Å². The number of anilines is 2. The van der Waals surface area contributed by atoms with Gasteiger partial charge in [0, 0.05) is 6.07 Å². The van der Waals surface area contributed by atoms with Gasteiger partial charge in [-0.3, -0.25) is 0 Å². The van der Waals surface area contributed by atoms with Crippen LogP contribution in [0.25, 0.3) is 0 Å². The second-order valence-electron chi connectivity index (χ2n) is 5.72. The number of ether oxygens (including phenoxy) is 1. The van der Waals surface area contributed by atoms with E-state index in [2.05, 4.69) is 12.2 Å². The Morgan fingerprint density at radius 2 is 2.32 bits per heavy atom. The van der Waals surface area contributed by atoms with Crippen molar-refractivity contribution in [2.45, 2.75) is 38.1 Å². The second kappa shape index (κ2) is 5.70.